The second kappa shape index (κ2) is 11.7. The molecular formula is C22H28N4O7. The van der Waals surface area contributed by atoms with Gasteiger partial charge in [0.2, 0.25) is 11.8 Å². The van der Waals surface area contributed by atoms with Gasteiger partial charge in [0.1, 0.15) is 18.1 Å². The number of aldehydes is 1. The molecule has 0 aromatic heterocycles. The van der Waals surface area contributed by atoms with Gasteiger partial charge in [-0.25, -0.2) is 0 Å². The molecule has 33 heavy (non-hydrogen) atoms. The van der Waals surface area contributed by atoms with Gasteiger partial charge in [0.05, 0.1) is 11.1 Å². The van der Waals surface area contributed by atoms with Crippen molar-refractivity contribution in [1.29, 1.82) is 0 Å². The van der Waals surface area contributed by atoms with Crippen molar-refractivity contribution < 1.29 is 33.5 Å². The highest BCUT2D eigenvalue weighted by atomic mass is 16.5. The Morgan fingerprint density at radius 2 is 1.85 bits per heavy atom. The first-order chi connectivity index (χ1) is 15.7. The van der Waals surface area contributed by atoms with Crippen LogP contribution in [0.2, 0.25) is 0 Å². The molecule has 3 N–H and O–H groups in total. The summed E-state index contributed by atoms with van der Waals surface area (Å²) in [6, 6.07) is 3.21. The smallest absolute Gasteiger partial charge is 0.266 e. The van der Waals surface area contributed by atoms with E-state index in [1.807, 2.05) is 13.8 Å². The molecule has 0 saturated heterocycles. The van der Waals surface area contributed by atoms with Crippen molar-refractivity contribution in [3.8, 4) is 5.75 Å². The highest BCUT2D eigenvalue weighted by Crippen LogP contribution is 2.33. The first-order valence-electron chi connectivity index (χ1n) is 10.6. The topological polar surface area (TPSA) is 151 Å². The predicted molar refractivity (Wildman–Crippen MR) is 116 cm³/mol. The molecule has 11 nitrogen and oxygen atoms in total. The van der Waals surface area contributed by atoms with Crippen LogP contribution in [0.3, 0.4) is 0 Å². The minimum absolute atomic E-state index is 0.00189. The molecule has 0 saturated carbocycles. The van der Waals surface area contributed by atoms with Crippen molar-refractivity contribution in [2.24, 2.45) is 0 Å². The van der Waals surface area contributed by atoms with E-state index in [2.05, 4.69) is 16.0 Å². The largest absolute Gasteiger partial charge is 0.483 e. The second-order valence-electron chi connectivity index (χ2n) is 7.64. The van der Waals surface area contributed by atoms with E-state index in [9.17, 15) is 28.8 Å². The van der Waals surface area contributed by atoms with Crippen LogP contribution in [0.4, 0.5) is 0 Å². The summed E-state index contributed by atoms with van der Waals surface area (Å²) in [7, 11) is 1.37. The Bertz CT molecular complexity index is 945. The van der Waals surface area contributed by atoms with Crippen molar-refractivity contribution in [3.05, 3.63) is 29.3 Å². The predicted octanol–water partition coefficient (Wildman–Crippen LogP) is -0.214. The van der Waals surface area contributed by atoms with Crippen LogP contribution in [-0.2, 0) is 19.2 Å². The van der Waals surface area contributed by atoms with Gasteiger partial charge < -0.3 is 25.5 Å². The Morgan fingerprint density at radius 1 is 1.12 bits per heavy atom. The third-order valence-corrected chi connectivity index (χ3v) is 4.81. The highest BCUT2D eigenvalue weighted by Gasteiger charge is 2.44. The number of hydrogen-bond acceptors (Lipinski definition) is 7. The lowest BCUT2D eigenvalue weighted by Gasteiger charge is -2.24. The van der Waals surface area contributed by atoms with Crippen molar-refractivity contribution >= 4 is 35.8 Å². The zero-order valence-electron chi connectivity index (χ0n) is 18.8. The summed E-state index contributed by atoms with van der Waals surface area (Å²) in [4.78, 5) is 73.5. The number of rotatable bonds is 12. The molecule has 0 radical (unpaired) electrons. The van der Waals surface area contributed by atoms with Gasteiger partial charge in [-0.15, -0.1) is 0 Å². The molecule has 178 valence electrons. The van der Waals surface area contributed by atoms with Crippen LogP contribution >= 0.6 is 0 Å². The third-order valence-electron chi connectivity index (χ3n) is 4.81. The van der Waals surface area contributed by atoms with Gasteiger partial charge in [0.25, 0.3) is 17.7 Å². The molecule has 1 aromatic carbocycles. The second-order valence-corrected chi connectivity index (χ2v) is 7.64. The van der Waals surface area contributed by atoms with Crippen LogP contribution < -0.4 is 20.7 Å². The van der Waals surface area contributed by atoms with E-state index in [1.165, 1.54) is 25.2 Å². The lowest BCUT2D eigenvalue weighted by Crippen LogP contribution is -2.48. The first kappa shape index (κ1) is 25.5. The number of likely N-dealkylation sites (N-methyl/N-ethyl adjacent to an activating group) is 1. The molecule has 1 aromatic rings. The van der Waals surface area contributed by atoms with Gasteiger partial charge in [-0.2, -0.15) is 0 Å². The van der Waals surface area contributed by atoms with E-state index in [0.717, 1.165) is 4.90 Å². The van der Waals surface area contributed by atoms with E-state index in [-0.39, 0.29) is 54.6 Å². The van der Waals surface area contributed by atoms with Crippen LogP contribution in [0.15, 0.2) is 18.2 Å². The highest BCUT2D eigenvalue weighted by molar-refractivity contribution is 6.24. The standard InChI is InChI=1S/C22H28N4O7/c1-13(2)25-17(28)9-10-24-18(29)12-33-16-8-4-6-14-19(16)22(32)26(21(14)31)15(7-5-11-27)20(30)23-3/h4,6,8,11,13,15H,5,7,9-10,12H2,1-3H3,(H,23,30)(H,24,29)(H,25,28). The fraction of sp³-hybridized carbons (Fsp3) is 0.455. The minimum atomic E-state index is -1.15. The maximum absolute atomic E-state index is 13.0. The monoisotopic (exact) mass is 460 g/mol. The molecule has 1 aliphatic heterocycles. The van der Waals surface area contributed by atoms with Gasteiger partial charge in [-0.3, -0.25) is 28.9 Å². The molecule has 0 aliphatic carbocycles. The Morgan fingerprint density at radius 3 is 2.48 bits per heavy atom. The molecule has 1 aliphatic rings. The van der Waals surface area contributed by atoms with Gasteiger partial charge >= 0.3 is 0 Å². The third kappa shape index (κ3) is 6.37. The lowest BCUT2D eigenvalue weighted by atomic mass is 10.1. The molecule has 0 spiro atoms. The number of fused-ring (bicyclic) bond motifs is 1. The van der Waals surface area contributed by atoms with Crippen LogP contribution in [0, 0.1) is 0 Å². The zero-order chi connectivity index (χ0) is 24.5. The van der Waals surface area contributed by atoms with E-state index >= 15 is 0 Å². The Balaban J connectivity index is 2.07. The summed E-state index contributed by atoms with van der Waals surface area (Å²) in [5.74, 6) is -2.68. The molecule has 0 fully saturated rings. The molecule has 1 heterocycles. The van der Waals surface area contributed by atoms with Gasteiger partial charge in [-0.1, -0.05) is 6.07 Å². The fourth-order valence-electron chi connectivity index (χ4n) is 3.35. The Kier molecular flexibility index (Phi) is 9.08. The first-order valence-corrected chi connectivity index (χ1v) is 10.6. The van der Waals surface area contributed by atoms with Crippen molar-refractivity contribution in [1.82, 2.24) is 20.9 Å². The van der Waals surface area contributed by atoms with Crippen LogP contribution in [-0.4, -0.2) is 73.0 Å². The SMILES string of the molecule is CNC(=O)C(CCC=O)N1C(=O)c2cccc(OCC(=O)NCCC(=O)NC(C)C)c2C1=O. The number of amides is 5. The average molecular weight is 460 g/mol. The van der Waals surface area contributed by atoms with E-state index in [0.29, 0.717) is 6.29 Å². The molecule has 11 heteroatoms. The van der Waals surface area contributed by atoms with E-state index in [4.69, 9.17) is 4.74 Å². The molecule has 1 atom stereocenters. The number of benzene rings is 1. The number of carbonyl (C=O) groups is 6. The van der Waals surface area contributed by atoms with Crippen molar-refractivity contribution in [2.45, 2.75) is 45.2 Å². The van der Waals surface area contributed by atoms with Gasteiger partial charge in [-0.05, 0) is 32.4 Å². The number of carbonyl (C=O) groups excluding carboxylic acids is 6. The van der Waals surface area contributed by atoms with Gasteiger partial charge in [0.15, 0.2) is 6.61 Å². The number of ether oxygens (including phenoxy) is 1. The summed E-state index contributed by atoms with van der Waals surface area (Å²) in [6.45, 7) is 3.33. The fourth-order valence-corrected chi connectivity index (χ4v) is 3.35. The van der Waals surface area contributed by atoms with Crippen LogP contribution in [0.5, 0.6) is 5.75 Å². The number of nitrogens with zero attached hydrogens (tertiary/aromatic N) is 1. The number of nitrogens with one attached hydrogen (secondary N) is 3. The normalized spacial score (nSPS) is 13.4. The number of hydrogen-bond donors (Lipinski definition) is 3. The summed E-state index contributed by atoms with van der Waals surface area (Å²) in [5.41, 5.74) is -0.00473. The number of imide groups is 1. The quantitative estimate of drug-likeness (QED) is 0.288. The zero-order valence-corrected chi connectivity index (χ0v) is 18.8. The van der Waals surface area contributed by atoms with Gasteiger partial charge in [0, 0.05) is 32.5 Å². The summed E-state index contributed by atoms with van der Waals surface area (Å²) < 4.78 is 5.48. The minimum Gasteiger partial charge on any atom is -0.483 e. The maximum Gasteiger partial charge on any atom is 0.266 e. The molecule has 5 amide bonds. The van der Waals surface area contributed by atoms with Crippen LogP contribution in [0.1, 0.15) is 53.8 Å². The Labute approximate surface area is 191 Å². The van der Waals surface area contributed by atoms with Crippen LogP contribution in [0.25, 0.3) is 0 Å². The summed E-state index contributed by atoms with van der Waals surface area (Å²) >= 11 is 0. The van der Waals surface area contributed by atoms with E-state index < -0.39 is 36.3 Å². The van der Waals surface area contributed by atoms with Crippen molar-refractivity contribution in [3.63, 3.8) is 0 Å². The molecule has 1 unspecified atom stereocenters. The van der Waals surface area contributed by atoms with Crippen molar-refractivity contribution in [2.75, 3.05) is 20.2 Å². The lowest BCUT2D eigenvalue weighted by molar-refractivity contribution is -0.125. The summed E-state index contributed by atoms with van der Waals surface area (Å²) in [6.07, 6.45) is 0.684. The summed E-state index contributed by atoms with van der Waals surface area (Å²) in [5, 5.41) is 7.65. The Hall–Kier alpha value is -3.76. The molecule has 2 rings (SSSR count). The van der Waals surface area contributed by atoms with E-state index in [1.54, 1.807) is 0 Å². The molecule has 0 bridgehead atoms. The average Bonchev–Trinajstić information content (AvgIpc) is 3.02. The molecular weight excluding hydrogens is 432 g/mol. The maximum atomic E-state index is 13.0.